The van der Waals surface area contributed by atoms with Crippen molar-refractivity contribution in [2.45, 2.75) is 45.4 Å². The summed E-state index contributed by atoms with van der Waals surface area (Å²) in [6, 6.07) is 18.4. The maximum atomic E-state index is 3.86. The Morgan fingerprint density at radius 1 is 0.935 bits per heavy atom. The van der Waals surface area contributed by atoms with Crippen LogP contribution in [0.5, 0.6) is 0 Å². The van der Waals surface area contributed by atoms with Crippen LogP contribution in [-0.2, 0) is 19.3 Å². The van der Waals surface area contributed by atoms with E-state index in [9.17, 15) is 0 Å². The van der Waals surface area contributed by atoms with Gasteiger partial charge in [-0.1, -0.05) is 76.4 Å². The molecule has 0 aliphatic carbocycles. The summed E-state index contributed by atoms with van der Waals surface area (Å²) in [6.07, 6.45) is 12.4. The molecular weight excluding hydrogens is 448 g/mol. The Balaban J connectivity index is 1.79. The molecule has 6 atom stereocenters. The van der Waals surface area contributed by atoms with Crippen molar-refractivity contribution in [1.82, 2.24) is 0 Å². The van der Waals surface area contributed by atoms with Crippen LogP contribution in [0.4, 0.5) is 0 Å². The van der Waals surface area contributed by atoms with E-state index >= 15 is 0 Å². The van der Waals surface area contributed by atoms with E-state index < -0.39 is 0 Å². The van der Waals surface area contributed by atoms with Crippen LogP contribution in [0.2, 0.25) is 0 Å². The molecule has 0 aliphatic heterocycles. The number of hydrogen-bond acceptors (Lipinski definition) is 0. The standard InChI is InChI=1S/C27H42P4/c1-5-23-8-10-25(11-9-23)16-17-27(21-30-29-3)20-22(2)6-7-24-12-14-26(15-13-24)18-19-31(4)28/h5,8-15,22,27,29-30H,1,6-7,16-21,28H2,2-4H3/p+1. The van der Waals surface area contributed by atoms with Crippen LogP contribution in [0.3, 0.4) is 0 Å². The fourth-order valence-corrected chi connectivity index (χ4v) is 7.51. The second-order valence-electron chi connectivity index (χ2n) is 9.02. The summed E-state index contributed by atoms with van der Waals surface area (Å²) >= 11 is 0. The van der Waals surface area contributed by atoms with Crippen molar-refractivity contribution >= 4 is 39.2 Å². The van der Waals surface area contributed by atoms with Gasteiger partial charge in [0.2, 0.25) is 0 Å². The van der Waals surface area contributed by atoms with Crippen molar-refractivity contribution in [1.29, 1.82) is 0 Å². The third kappa shape index (κ3) is 11.5. The lowest BCUT2D eigenvalue weighted by molar-refractivity contribution is 0.382. The van der Waals surface area contributed by atoms with E-state index in [2.05, 4.69) is 84.3 Å². The van der Waals surface area contributed by atoms with Crippen molar-refractivity contribution in [2.75, 3.05) is 25.7 Å². The van der Waals surface area contributed by atoms with Crippen molar-refractivity contribution in [3.63, 3.8) is 0 Å². The quantitative estimate of drug-likeness (QED) is 0.219. The summed E-state index contributed by atoms with van der Waals surface area (Å²) in [6.45, 7) is 11.1. The molecule has 170 valence electrons. The second-order valence-corrected chi connectivity index (χ2v) is 18.0. The SMILES string of the molecule is C=Cc1ccc(CCC(CPPC)CC(C)CCc2ccc(CC[PH+](C)P)cc2)cc1. The molecule has 0 nitrogen and oxygen atoms in total. The minimum Gasteiger partial charge on any atom is -0.102 e. The lowest BCUT2D eigenvalue weighted by Gasteiger charge is -2.21. The van der Waals surface area contributed by atoms with Gasteiger partial charge in [-0.3, -0.25) is 0 Å². The van der Waals surface area contributed by atoms with E-state index in [1.807, 2.05) is 6.08 Å². The molecule has 0 N–H and O–H groups in total. The molecule has 6 unspecified atom stereocenters. The summed E-state index contributed by atoms with van der Waals surface area (Å²) in [5.41, 5.74) is 5.71. The number of benzene rings is 2. The van der Waals surface area contributed by atoms with E-state index in [1.165, 1.54) is 73.1 Å². The summed E-state index contributed by atoms with van der Waals surface area (Å²) in [5, 5.41) is 0. The first-order valence-electron chi connectivity index (χ1n) is 11.8. The minimum atomic E-state index is -0.193. The Bertz CT molecular complexity index is 737. The van der Waals surface area contributed by atoms with Crippen LogP contribution in [0.15, 0.2) is 55.1 Å². The molecule has 0 radical (unpaired) electrons. The van der Waals surface area contributed by atoms with Crippen molar-refractivity contribution in [3.05, 3.63) is 77.4 Å². The molecule has 2 rings (SSSR count). The number of hydrogen-bond donors (Lipinski definition) is 0. The van der Waals surface area contributed by atoms with Crippen LogP contribution in [0.25, 0.3) is 6.08 Å². The van der Waals surface area contributed by atoms with Gasteiger partial charge in [0, 0.05) is 29.6 Å². The number of aryl methyl sites for hydroxylation is 3. The molecule has 0 saturated heterocycles. The van der Waals surface area contributed by atoms with Gasteiger partial charge in [-0.15, -0.1) is 8.27 Å². The zero-order valence-corrected chi connectivity index (χ0v) is 23.9. The predicted octanol–water partition coefficient (Wildman–Crippen LogP) is 8.62. The van der Waals surface area contributed by atoms with Crippen LogP contribution in [0, 0.1) is 11.8 Å². The Labute approximate surface area is 199 Å². The van der Waals surface area contributed by atoms with Crippen molar-refractivity contribution < 1.29 is 0 Å². The molecule has 4 heteroatoms. The van der Waals surface area contributed by atoms with Gasteiger partial charge in [-0.2, -0.15) is 0 Å². The van der Waals surface area contributed by atoms with Gasteiger partial charge in [0.15, 0.2) is 0 Å². The minimum absolute atomic E-state index is 0.193. The highest BCUT2D eigenvalue weighted by atomic mass is 32.0. The zero-order chi connectivity index (χ0) is 22.5. The summed E-state index contributed by atoms with van der Waals surface area (Å²) in [5.74, 6) is 1.68. The van der Waals surface area contributed by atoms with Gasteiger partial charge in [0.05, 0.1) is 6.16 Å². The first-order valence-corrected chi connectivity index (χ1v) is 19.5. The molecule has 0 heterocycles. The first kappa shape index (κ1) is 27.1. The number of rotatable bonds is 15. The molecule has 0 amide bonds. The summed E-state index contributed by atoms with van der Waals surface area (Å²) in [7, 11) is 5.07. The van der Waals surface area contributed by atoms with Gasteiger partial charge in [0.25, 0.3) is 0 Å². The van der Waals surface area contributed by atoms with Crippen molar-refractivity contribution in [3.8, 4) is 0 Å². The van der Waals surface area contributed by atoms with Crippen LogP contribution in [0.1, 0.15) is 48.4 Å². The fraction of sp³-hybridized carbons (Fsp3) is 0.481. The van der Waals surface area contributed by atoms with Gasteiger partial charge in [-0.05, 0) is 79.0 Å². The Kier molecular flexibility index (Phi) is 13.7. The Hall–Kier alpha value is -0.100. The molecule has 0 spiro atoms. The Morgan fingerprint density at radius 3 is 2.03 bits per heavy atom. The predicted molar refractivity (Wildman–Crippen MR) is 157 cm³/mol. The molecule has 0 aromatic heterocycles. The highest BCUT2D eigenvalue weighted by Gasteiger charge is 2.14. The lowest BCUT2D eigenvalue weighted by atomic mass is 9.88. The smallest absolute Gasteiger partial charge is 0.0626 e. The van der Waals surface area contributed by atoms with E-state index in [0.29, 0.717) is 0 Å². The molecule has 2 aromatic rings. The monoisotopic (exact) mass is 491 g/mol. The van der Waals surface area contributed by atoms with Crippen LogP contribution < -0.4 is 0 Å². The van der Waals surface area contributed by atoms with E-state index in [1.54, 1.807) is 0 Å². The molecular formula is C27H43P4+. The summed E-state index contributed by atoms with van der Waals surface area (Å²) in [4.78, 5) is 0. The topological polar surface area (TPSA) is 0 Å². The van der Waals surface area contributed by atoms with E-state index in [0.717, 1.165) is 28.4 Å². The maximum absolute atomic E-state index is 3.86. The first-order chi connectivity index (χ1) is 15.0. The molecule has 0 fully saturated rings. The van der Waals surface area contributed by atoms with Crippen molar-refractivity contribution in [2.24, 2.45) is 11.8 Å². The molecule has 0 saturated carbocycles. The Morgan fingerprint density at radius 2 is 1.48 bits per heavy atom. The largest absolute Gasteiger partial charge is 0.102 e. The summed E-state index contributed by atoms with van der Waals surface area (Å²) < 4.78 is 0. The van der Waals surface area contributed by atoms with E-state index in [4.69, 9.17) is 0 Å². The van der Waals surface area contributed by atoms with Gasteiger partial charge >= 0.3 is 0 Å². The van der Waals surface area contributed by atoms with Gasteiger partial charge in [-0.25, -0.2) is 0 Å². The average molecular weight is 492 g/mol. The highest BCUT2D eigenvalue weighted by molar-refractivity contribution is 8.13. The molecule has 2 aromatic carbocycles. The second kappa shape index (κ2) is 15.7. The zero-order valence-electron chi connectivity index (χ0n) is 19.8. The highest BCUT2D eigenvalue weighted by Crippen LogP contribution is 2.40. The van der Waals surface area contributed by atoms with E-state index in [-0.39, 0.29) is 7.61 Å². The maximum Gasteiger partial charge on any atom is 0.0626 e. The molecule has 0 bridgehead atoms. The molecule has 0 aliphatic rings. The third-order valence-corrected chi connectivity index (χ3v) is 10.8. The average Bonchev–Trinajstić information content (AvgIpc) is 2.79. The third-order valence-electron chi connectivity index (χ3n) is 6.12. The fourth-order valence-electron chi connectivity index (χ4n) is 4.05. The normalized spacial score (nSPS) is 15.0. The van der Waals surface area contributed by atoms with Crippen LogP contribution in [-0.4, -0.2) is 25.7 Å². The van der Waals surface area contributed by atoms with Gasteiger partial charge < -0.3 is 0 Å². The lowest BCUT2D eigenvalue weighted by Crippen LogP contribution is -2.11. The molecule has 31 heavy (non-hydrogen) atoms. The van der Waals surface area contributed by atoms with Crippen LogP contribution >= 0.6 is 33.1 Å². The van der Waals surface area contributed by atoms with Gasteiger partial charge in [0.1, 0.15) is 0 Å².